The highest BCUT2D eigenvalue weighted by molar-refractivity contribution is 6.34. The molecule has 2 aromatic carbocycles. The normalized spacial score (nSPS) is 10.3. The Hall–Kier alpha value is -3.19. The lowest BCUT2D eigenvalue weighted by Crippen LogP contribution is -2.13. The van der Waals surface area contributed by atoms with Gasteiger partial charge in [-0.1, -0.05) is 11.6 Å². The number of benzene rings is 2. The van der Waals surface area contributed by atoms with Crippen molar-refractivity contribution in [3.8, 4) is 5.69 Å². The SMILES string of the molecule is COC(=O)c1ccc(NC(=O)c2ccc(-n3cnnc3)cc2Cl)cc1. The molecule has 3 aromatic rings. The van der Waals surface area contributed by atoms with Gasteiger partial charge < -0.3 is 10.1 Å². The molecule has 7 nitrogen and oxygen atoms in total. The van der Waals surface area contributed by atoms with Gasteiger partial charge in [-0.05, 0) is 42.5 Å². The number of nitrogens with one attached hydrogen (secondary N) is 1. The fourth-order valence-electron chi connectivity index (χ4n) is 2.19. The van der Waals surface area contributed by atoms with Gasteiger partial charge in [-0.15, -0.1) is 10.2 Å². The number of ether oxygens (including phenoxy) is 1. The van der Waals surface area contributed by atoms with Crippen molar-refractivity contribution in [2.24, 2.45) is 0 Å². The Kier molecular flexibility index (Phi) is 4.76. The number of carbonyl (C=O) groups is 2. The zero-order chi connectivity index (χ0) is 17.8. The van der Waals surface area contributed by atoms with Gasteiger partial charge in [-0.2, -0.15) is 0 Å². The zero-order valence-electron chi connectivity index (χ0n) is 13.1. The Morgan fingerprint density at radius 3 is 2.36 bits per heavy atom. The van der Waals surface area contributed by atoms with E-state index in [0.29, 0.717) is 21.8 Å². The number of carbonyl (C=O) groups excluding carboxylic acids is 2. The van der Waals surface area contributed by atoms with E-state index in [1.54, 1.807) is 47.0 Å². The molecule has 0 radical (unpaired) electrons. The second-order valence-corrected chi connectivity index (χ2v) is 5.46. The van der Waals surface area contributed by atoms with Crippen LogP contribution in [0.3, 0.4) is 0 Å². The molecule has 0 saturated heterocycles. The molecule has 0 spiro atoms. The molecule has 0 aliphatic rings. The maximum Gasteiger partial charge on any atom is 0.337 e. The highest BCUT2D eigenvalue weighted by Crippen LogP contribution is 2.21. The second kappa shape index (κ2) is 7.14. The Morgan fingerprint density at radius 1 is 1.08 bits per heavy atom. The Labute approximate surface area is 148 Å². The smallest absolute Gasteiger partial charge is 0.337 e. The van der Waals surface area contributed by atoms with Crippen LogP contribution in [0.4, 0.5) is 5.69 Å². The van der Waals surface area contributed by atoms with Crippen molar-refractivity contribution in [3.05, 3.63) is 71.3 Å². The van der Waals surface area contributed by atoms with Crippen LogP contribution in [-0.2, 0) is 4.74 Å². The van der Waals surface area contributed by atoms with Crippen molar-refractivity contribution < 1.29 is 14.3 Å². The summed E-state index contributed by atoms with van der Waals surface area (Å²) in [7, 11) is 1.31. The van der Waals surface area contributed by atoms with Crippen LogP contribution in [0.1, 0.15) is 20.7 Å². The van der Waals surface area contributed by atoms with Gasteiger partial charge in [0.05, 0.1) is 23.3 Å². The summed E-state index contributed by atoms with van der Waals surface area (Å²) in [6, 6.07) is 11.4. The summed E-state index contributed by atoms with van der Waals surface area (Å²) in [6.07, 6.45) is 3.07. The van der Waals surface area contributed by atoms with Gasteiger partial charge in [0.2, 0.25) is 0 Å². The Bertz CT molecular complexity index is 908. The molecular formula is C17H13ClN4O3. The first-order chi connectivity index (χ1) is 12.1. The summed E-state index contributed by atoms with van der Waals surface area (Å²) in [4.78, 5) is 23.8. The number of halogens is 1. The standard InChI is InChI=1S/C17H13ClN4O3/c1-25-17(24)11-2-4-12(5-3-11)21-16(23)14-7-6-13(8-15(14)18)22-9-19-20-10-22/h2-10H,1H3,(H,21,23). The maximum atomic E-state index is 12.4. The fraction of sp³-hybridized carbons (Fsp3) is 0.0588. The lowest BCUT2D eigenvalue weighted by molar-refractivity contribution is 0.0600. The molecule has 0 unspecified atom stereocenters. The van der Waals surface area contributed by atoms with Crippen molar-refractivity contribution in [1.29, 1.82) is 0 Å². The van der Waals surface area contributed by atoms with Gasteiger partial charge in [-0.3, -0.25) is 9.36 Å². The van der Waals surface area contributed by atoms with E-state index in [1.807, 2.05) is 0 Å². The number of amides is 1. The Balaban J connectivity index is 1.76. The topological polar surface area (TPSA) is 86.1 Å². The minimum absolute atomic E-state index is 0.301. The number of esters is 1. The molecule has 0 atom stereocenters. The van der Waals surface area contributed by atoms with E-state index >= 15 is 0 Å². The summed E-state index contributed by atoms with van der Waals surface area (Å²) < 4.78 is 6.31. The number of anilines is 1. The van der Waals surface area contributed by atoms with Gasteiger partial charge >= 0.3 is 5.97 Å². The molecule has 8 heteroatoms. The molecule has 0 saturated carbocycles. The number of methoxy groups -OCH3 is 1. The van der Waals surface area contributed by atoms with E-state index in [1.165, 1.54) is 19.8 Å². The molecule has 1 amide bonds. The second-order valence-electron chi connectivity index (χ2n) is 5.06. The number of hydrogen-bond donors (Lipinski definition) is 1. The minimum Gasteiger partial charge on any atom is -0.465 e. The highest BCUT2D eigenvalue weighted by Gasteiger charge is 2.12. The molecule has 0 bridgehead atoms. The predicted octanol–water partition coefficient (Wildman–Crippen LogP) is 2.96. The van der Waals surface area contributed by atoms with Gasteiger partial charge in [0, 0.05) is 11.4 Å². The third-order valence-electron chi connectivity index (χ3n) is 3.48. The molecule has 25 heavy (non-hydrogen) atoms. The van der Waals surface area contributed by atoms with E-state index in [4.69, 9.17) is 11.6 Å². The van der Waals surface area contributed by atoms with Gasteiger partial charge in [0.15, 0.2) is 0 Å². The number of aromatic nitrogens is 3. The van der Waals surface area contributed by atoms with Crippen molar-refractivity contribution in [2.75, 3.05) is 12.4 Å². The first kappa shape index (κ1) is 16.7. The molecule has 1 N–H and O–H groups in total. The Morgan fingerprint density at radius 2 is 1.76 bits per heavy atom. The molecule has 0 aliphatic carbocycles. The van der Waals surface area contributed by atoms with Crippen LogP contribution in [0.15, 0.2) is 55.1 Å². The van der Waals surface area contributed by atoms with E-state index in [9.17, 15) is 9.59 Å². The molecule has 0 fully saturated rings. The molecule has 0 aliphatic heterocycles. The average molecular weight is 357 g/mol. The first-order valence-corrected chi connectivity index (χ1v) is 7.60. The minimum atomic E-state index is -0.439. The van der Waals surface area contributed by atoms with Crippen LogP contribution in [0.2, 0.25) is 5.02 Å². The van der Waals surface area contributed by atoms with Crippen molar-refractivity contribution >= 4 is 29.2 Å². The van der Waals surface area contributed by atoms with E-state index < -0.39 is 5.97 Å². The lowest BCUT2D eigenvalue weighted by Gasteiger charge is -2.09. The van der Waals surface area contributed by atoms with Gasteiger partial charge in [0.1, 0.15) is 12.7 Å². The first-order valence-electron chi connectivity index (χ1n) is 7.23. The summed E-state index contributed by atoms with van der Waals surface area (Å²) in [5.41, 5.74) is 2.01. The van der Waals surface area contributed by atoms with Crippen molar-refractivity contribution in [2.45, 2.75) is 0 Å². The lowest BCUT2D eigenvalue weighted by atomic mass is 10.1. The van der Waals surface area contributed by atoms with Crippen LogP contribution in [0.5, 0.6) is 0 Å². The van der Waals surface area contributed by atoms with Crippen LogP contribution >= 0.6 is 11.6 Å². The largest absolute Gasteiger partial charge is 0.465 e. The molecular weight excluding hydrogens is 344 g/mol. The van der Waals surface area contributed by atoms with E-state index in [-0.39, 0.29) is 5.91 Å². The number of rotatable bonds is 4. The summed E-state index contributed by atoms with van der Waals surface area (Å²) >= 11 is 6.22. The monoisotopic (exact) mass is 356 g/mol. The predicted molar refractivity (Wildman–Crippen MR) is 92.1 cm³/mol. The quantitative estimate of drug-likeness (QED) is 0.726. The third kappa shape index (κ3) is 3.67. The van der Waals surface area contributed by atoms with Crippen LogP contribution in [0.25, 0.3) is 5.69 Å². The average Bonchev–Trinajstić information content (AvgIpc) is 3.16. The molecule has 3 rings (SSSR count). The summed E-state index contributed by atoms with van der Waals surface area (Å²) in [5, 5.41) is 10.5. The molecule has 1 aromatic heterocycles. The summed E-state index contributed by atoms with van der Waals surface area (Å²) in [5.74, 6) is -0.795. The van der Waals surface area contributed by atoms with Crippen molar-refractivity contribution in [3.63, 3.8) is 0 Å². The van der Waals surface area contributed by atoms with Crippen LogP contribution in [-0.4, -0.2) is 33.8 Å². The van der Waals surface area contributed by atoms with Gasteiger partial charge in [0.25, 0.3) is 5.91 Å². The van der Waals surface area contributed by atoms with Crippen LogP contribution in [0, 0.1) is 0 Å². The van der Waals surface area contributed by atoms with Crippen LogP contribution < -0.4 is 5.32 Å². The summed E-state index contributed by atoms with van der Waals surface area (Å²) in [6.45, 7) is 0. The number of hydrogen-bond acceptors (Lipinski definition) is 5. The molecule has 1 heterocycles. The van der Waals surface area contributed by atoms with E-state index in [0.717, 1.165) is 5.69 Å². The van der Waals surface area contributed by atoms with Crippen molar-refractivity contribution in [1.82, 2.24) is 14.8 Å². The fourth-order valence-corrected chi connectivity index (χ4v) is 2.45. The van der Waals surface area contributed by atoms with Gasteiger partial charge in [-0.25, -0.2) is 4.79 Å². The number of nitrogens with zero attached hydrogens (tertiary/aromatic N) is 3. The zero-order valence-corrected chi connectivity index (χ0v) is 13.9. The maximum absolute atomic E-state index is 12.4. The molecule has 126 valence electrons. The van der Waals surface area contributed by atoms with E-state index in [2.05, 4.69) is 20.3 Å². The third-order valence-corrected chi connectivity index (χ3v) is 3.79. The highest BCUT2D eigenvalue weighted by atomic mass is 35.5.